The lowest BCUT2D eigenvalue weighted by Crippen LogP contribution is -2.30. The number of carbonyl (C=O) groups excluding carboxylic acids is 3. The van der Waals surface area contributed by atoms with Gasteiger partial charge in [0.2, 0.25) is 0 Å². The number of ether oxygens (including phenoxy) is 3. The van der Waals surface area contributed by atoms with Crippen LogP contribution in [-0.2, 0) is 28.6 Å². The van der Waals surface area contributed by atoms with E-state index in [0.29, 0.717) is 19.3 Å². The number of esters is 3. The molecule has 0 heterocycles. The van der Waals surface area contributed by atoms with Crippen LogP contribution in [0.15, 0.2) is 48.6 Å². The van der Waals surface area contributed by atoms with Crippen molar-refractivity contribution in [2.24, 2.45) is 0 Å². The van der Waals surface area contributed by atoms with Crippen molar-refractivity contribution in [3.05, 3.63) is 48.6 Å². The van der Waals surface area contributed by atoms with E-state index in [1.807, 2.05) is 0 Å². The molecule has 0 spiro atoms. The van der Waals surface area contributed by atoms with Crippen LogP contribution in [0.4, 0.5) is 0 Å². The van der Waals surface area contributed by atoms with Crippen molar-refractivity contribution < 1.29 is 28.6 Å². The Morgan fingerprint density at radius 3 is 0.983 bits per heavy atom. The Hall–Kier alpha value is -2.63. The van der Waals surface area contributed by atoms with E-state index in [-0.39, 0.29) is 31.1 Å². The summed E-state index contributed by atoms with van der Waals surface area (Å²) >= 11 is 0. The lowest BCUT2D eigenvalue weighted by Gasteiger charge is -2.18. The number of carbonyl (C=O) groups is 3. The van der Waals surface area contributed by atoms with Crippen LogP contribution in [0.25, 0.3) is 0 Å². The molecule has 0 bridgehead atoms. The minimum atomic E-state index is -0.780. The summed E-state index contributed by atoms with van der Waals surface area (Å²) in [5.74, 6) is -0.908. The largest absolute Gasteiger partial charge is 0.462 e. The first-order chi connectivity index (χ1) is 29.0. The molecule has 0 aliphatic heterocycles. The topological polar surface area (TPSA) is 78.9 Å². The van der Waals surface area contributed by atoms with Gasteiger partial charge in [0, 0.05) is 19.3 Å². The molecule has 6 nitrogen and oxygen atoms in total. The maximum Gasteiger partial charge on any atom is 0.306 e. The zero-order valence-electron chi connectivity index (χ0n) is 39.0. The van der Waals surface area contributed by atoms with Crippen molar-refractivity contribution in [3.63, 3.8) is 0 Å². The summed E-state index contributed by atoms with van der Waals surface area (Å²) in [5, 5.41) is 0. The lowest BCUT2D eigenvalue weighted by molar-refractivity contribution is -0.167. The summed E-state index contributed by atoms with van der Waals surface area (Å²) in [6.45, 7) is 6.57. The van der Waals surface area contributed by atoms with Gasteiger partial charge in [0.1, 0.15) is 13.2 Å². The molecule has 1 atom stereocenters. The van der Waals surface area contributed by atoms with Gasteiger partial charge in [-0.15, -0.1) is 0 Å². The third-order valence-electron chi connectivity index (χ3n) is 10.8. The molecule has 0 unspecified atom stereocenters. The highest BCUT2D eigenvalue weighted by molar-refractivity contribution is 5.71. The second kappa shape index (κ2) is 48.0. The monoisotopic (exact) mass is 827 g/mol. The second-order valence-electron chi connectivity index (χ2n) is 16.7. The molecule has 0 saturated carbocycles. The first kappa shape index (κ1) is 56.4. The molecule has 0 radical (unpaired) electrons. The quantitative estimate of drug-likeness (QED) is 0.0263. The summed E-state index contributed by atoms with van der Waals surface area (Å²) < 4.78 is 16.7. The van der Waals surface area contributed by atoms with Crippen molar-refractivity contribution in [2.45, 2.75) is 258 Å². The van der Waals surface area contributed by atoms with E-state index in [1.54, 1.807) is 0 Å². The highest BCUT2D eigenvalue weighted by atomic mass is 16.6. The Labute approximate surface area is 365 Å². The fourth-order valence-corrected chi connectivity index (χ4v) is 7.01. The average Bonchev–Trinajstić information content (AvgIpc) is 3.23. The van der Waals surface area contributed by atoms with E-state index >= 15 is 0 Å². The first-order valence-electron chi connectivity index (χ1n) is 25.1. The summed E-state index contributed by atoms with van der Waals surface area (Å²) in [4.78, 5) is 37.8. The number of hydrogen-bond donors (Lipinski definition) is 0. The number of hydrogen-bond acceptors (Lipinski definition) is 6. The third kappa shape index (κ3) is 46.3. The molecule has 0 amide bonds. The van der Waals surface area contributed by atoms with Gasteiger partial charge >= 0.3 is 17.9 Å². The Balaban J connectivity index is 4.37. The van der Waals surface area contributed by atoms with Gasteiger partial charge in [-0.3, -0.25) is 14.4 Å². The summed E-state index contributed by atoms with van der Waals surface area (Å²) in [6.07, 6.45) is 56.6. The van der Waals surface area contributed by atoms with Crippen LogP contribution < -0.4 is 0 Å². The van der Waals surface area contributed by atoms with Crippen molar-refractivity contribution in [1.29, 1.82) is 0 Å². The van der Waals surface area contributed by atoms with Gasteiger partial charge in [-0.25, -0.2) is 0 Å². The molecule has 0 rings (SSSR count). The summed E-state index contributed by atoms with van der Waals surface area (Å²) in [7, 11) is 0. The van der Waals surface area contributed by atoms with E-state index in [4.69, 9.17) is 14.2 Å². The molecule has 0 aliphatic carbocycles. The Bertz CT molecular complexity index is 1040. The molecular formula is C53H94O6. The van der Waals surface area contributed by atoms with Gasteiger partial charge in [0.25, 0.3) is 0 Å². The van der Waals surface area contributed by atoms with Crippen LogP contribution >= 0.6 is 0 Å². The standard InChI is InChI=1S/C53H94O6/c1-4-7-10-13-16-19-22-24-25-26-27-28-29-30-32-34-37-40-43-46-52(55)58-49-50(48-57-51(54)45-42-39-36-33-21-18-15-12-9-6-3)59-53(56)47-44-41-38-35-31-23-20-17-14-11-8-5-2/h16,19,24-25,27-28,30,32,50H,4-15,17-18,20-23,26,29,31,33-49H2,1-3H3/b19-16-,25-24-,28-27-,32-30-/t50-/m1/s1. The molecule has 59 heavy (non-hydrogen) atoms. The van der Waals surface area contributed by atoms with E-state index in [1.165, 1.54) is 128 Å². The lowest BCUT2D eigenvalue weighted by atomic mass is 10.0. The molecule has 0 aromatic carbocycles. The normalized spacial score (nSPS) is 12.4. The molecule has 0 aromatic rings. The van der Waals surface area contributed by atoms with E-state index in [0.717, 1.165) is 83.5 Å². The van der Waals surface area contributed by atoms with Crippen LogP contribution in [0.2, 0.25) is 0 Å². The van der Waals surface area contributed by atoms with Gasteiger partial charge in [0.05, 0.1) is 0 Å². The van der Waals surface area contributed by atoms with Crippen molar-refractivity contribution in [3.8, 4) is 0 Å². The number of unbranched alkanes of at least 4 members (excludes halogenated alkanes) is 26. The molecule has 6 heteroatoms. The van der Waals surface area contributed by atoms with Gasteiger partial charge in [0.15, 0.2) is 6.10 Å². The van der Waals surface area contributed by atoms with Crippen LogP contribution in [0.3, 0.4) is 0 Å². The maximum absolute atomic E-state index is 12.7. The van der Waals surface area contributed by atoms with Crippen LogP contribution in [0.5, 0.6) is 0 Å². The average molecular weight is 827 g/mol. The Morgan fingerprint density at radius 2 is 0.610 bits per heavy atom. The predicted molar refractivity (Wildman–Crippen MR) is 252 cm³/mol. The minimum Gasteiger partial charge on any atom is -0.462 e. The smallest absolute Gasteiger partial charge is 0.306 e. The van der Waals surface area contributed by atoms with Crippen molar-refractivity contribution in [2.75, 3.05) is 13.2 Å². The first-order valence-corrected chi connectivity index (χ1v) is 25.1. The fraction of sp³-hybridized carbons (Fsp3) is 0.792. The molecule has 0 aliphatic rings. The van der Waals surface area contributed by atoms with Crippen LogP contribution in [0, 0.1) is 0 Å². The van der Waals surface area contributed by atoms with Crippen LogP contribution in [0.1, 0.15) is 252 Å². The van der Waals surface area contributed by atoms with Gasteiger partial charge in [-0.2, -0.15) is 0 Å². The van der Waals surface area contributed by atoms with Gasteiger partial charge < -0.3 is 14.2 Å². The predicted octanol–water partition coefficient (Wildman–Crippen LogP) is 16.3. The van der Waals surface area contributed by atoms with E-state index < -0.39 is 6.10 Å². The molecular weight excluding hydrogens is 733 g/mol. The molecule has 0 fully saturated rings. The highest BCUT2D eigenvalue weighted by Crippen LogP contribution is 2.15. The minimum absolute atomic E-state index is 0.0802. The van der Waals surface area contributed by atoms with Crippen molar-refractivity contribution in [1.82, 2.24) is 0 Å². The summed E-state index contributed by atoms with van der Waals surface area (Å²) in [6, 6.07) is 0. The molecule has 342 valence electrons. The Kier molecular flexibility index (Phi) is 45.9. The van der Waals surface area contributed by atoms with E-state index in [9.17, 15) is 14.4 Å². The second-order valence-corrected chi connectivity index (χ2v) is 16.7. The zero-order valence-corrected chi connectivity index (χ0v) is 39.0. The zero-order chi connectivity index (χ0) is 43.0. The Morgan fingerprint density at radius 1 is 0.339 bits per heavy atom. The molecule has 0 saturated heterocycles. The SMILES string of the molecule is CCCCC/C=C\C/C=C\C/C=C\C/C=C\CCCCCC(=O)OC[C@@H](COC(=O)CCCCCCCCCCCC)OC(=O)CCCCCCCCCCCCCC. The van der Waals surface area contributed by atoms with Crippen LogP contribution in [-0.4, -0.2) is 37.2 Å². The third-order valence-corrected chi connectivity index (χ3v) is 10.8. The highest BCUT2D eigenvalue weighted by Gasteiger charge is 2.19. The number of rotatable bonds is 45. The molecule has 0 N–H and O–H groups in total. The number of allylic oxidation sites excluding steroid dienone is 8. The molecule has 0 aromatic heterocycles. The van der Waals surface area contributed by atoms with Gasteiger partial charge in [-0.05, 0) is 64.2 Å². The van der Waals surface area contributed by atoms with Crippen molar-refractivity contribution >= 4 is 17.9 Å². The van der Waals surface area contributed by atoms with Gasteiger partial charge in [-0.1, -0.05) is 217 Å². The van der Waals surface area contributed by atoms with E-state index in [2.05, 4.69) is 69.4 Å². The maximum atomic E-state index is 12.7. The fourth-order valence-electron chi connectivity index (χ4n) is 7.01. The summed E-state index contributed by atoms with van der Waals surface area (Å²) in [5.41, 5.74) is 0.